The second-order valence-corrected chi connectivity index (χ2v) is 8.21. The van der Waals surface area contributed by atoms with Crippen LogP contribution < -0.4 is 4.89 Å². The topological polar surface area (TPSA) is 52.5 Å². The standard InChI is InChI=1S/C12H19ClNO3PS/c1-14(2,3)9-12(17-18(15,16)19)11-6-4-5-10(7-11)8-13/h4-7,12H,8-9H2,1-3H3,(H-,15,16,19). The van der Waals surface area contributed by atoms with Crippen LogP contribution in [0.2, 0.25) is 0 Å². The number of likely N-dealkylation sites (N-methyl/N-ethyl adjacent to an activating group) is 1. The van der Waals surface area contributed by atoms with Gasteiger partial charge < -0.3 is 18.8 Å². The molecule has 1 N–H and O–H groups in total. The molecule has 0 amide bonds. The van der Waals surface area contributed by atoms with E-state index in [0.29, 0.717) is 16.9 Å². The molecule has 0 aliphatic heterocycles. The molecule has 1 aromatic rings. The Kier molecular flexibility index (Phi) is 5.96. The predicted molar refractivity (Wildman–Crippen MR) is 79.2 cm³/mol. The van der Waals surface area contributed by atoms with E-state index in [1.807, 2.05) is 45.4 Å². The van der Waals surface area contributed by atoms with Crippen LogP contribution in [-0.2, 0) is 22.2 Å². The van der Waals surface area contributed by atoms with E-state index in [4.69, 9.17) is 16.1 Å². The lowest BCUT2D eigenvalue weighted by molar-refractivity contribution is -0.874. The molecule has 0 aromatic heterocycles. The minimum absolute atomic E-state index is 0.385. The normalized spacial score (nSPS) is 16.9. The monoisotopic (exact) mass is 323 g/mol. The van der Waals surface area contributed by atoms with Gasteiger partial charge in [-0.1, -0.05) is 36.1 Å². The van der Waals surface area contributed by atoms with E-state index in [9.17, 15) is 9.79 Å². The lowest BCUT2D eigenvalue weighted by Gasteiger charge is -2.33. The zero-order valence-electron chi connectivity index (χ0n) is 11.2. The highest BCUT2D eigenvalue weighted by molar-refractivity contribution is 8.06. The molecule has 0 saturated carbocycles. The first-order chi connectivity index (χ1) is 8.61. The fourth-order valence-electron chi connectivity index (χ4n) is 1.73. The number of quaternary nitrogens is 1. The first-order valence-corrected chi connectivity index (χ1v) is 8.91. The molecule has 108 valence electrons. The van der Waals surface area contributed by atoms with Gasteiger partial charge in [0.1, 0.15) is 19.4 Å². The van der Waals surface area contributed by atoms with Crippen molar-refractivity contribution in [2.75, 3.05) is 27.7 Å². The van der Waals surface area contributed by atoms with E-state index in [1.165, 1.54) is 0 Å². The molecule has 0 fully saturated rings. The van der Waals surface area contributed by atoms with Gasteiger partial charge in [-0.3, -0.25) is 0 Å². The molecule has 0 aliphatic carbocycles. The number of alkyl halides is 1. The maximum Gasteiger partial charge on any atom is 0.138 e. The highest BCUT2D eigenvalue weighted by Gasteiger charge is 2.23. The predicted octanol–water partition coefficient (Wildman–Crippen LogP) is 1.77. The second-order valence-electron chi connectivity index (χ2n) is 5.41. The van der Waals surface area contributed by atoms with Gasteiger partial charge in [0.25, 0.3) is 0 Å². The molecule has 0 heterocycles. The van der Waals surface area contributed by atoms with Crippen LogP contribution in [0.15, 0.2) is 24.3 Å². The molecular formula is C12H19ClNO3PS. The third-order valence-electron chi connectivity index (χ3n) is 2.45. The Balaban J connectivity index is 3.04. The summed E-state index contributed by atoms with van der Waals surface area (Å²) in [5, 5.41) is 0. The summed E-state index contributed by atoms with van der Waals surface area (Å²) in [6.07, 6.45) is -0.531. The average Bonchev–Trinajstić information content (AvgIpc) is 2.24. The van der Waals surface area contributed by atoms with Crippen molar-refractivity contribution in [2.45, 2.75) is 12.0 Å². The summed E-state index contributed by atoms with van der Waals surface area (Å²) in [5.41, 5.74) is 1.75. The van der Waals surface area contributed by atoms with Crippen LogP contribution in [0.4, 0.5) is 0 Å². The Morgan fingerprint density at radius 1 is 1.47 bits per heavy atom. The second kappa shape index (κ2) is 6.64. The van der Waals surface area contributed by atoms with Gasteiger partial charge in [0.15, 0.2) is 0 Å². The molecule has 1 rings (SSSR count). The Morgan fingerprint density at radius 2 is 2.11 bits per heavy atom. The van der Waals surface area contributed by atoms with E-state index in [1.54, 1.807) is 0 Å². The quantitative estimate of drug-likeness (QED) is 0.492. The van der Waals surface area contributed by atoms with Crippen LogP contribution in [0.5, 0.6) is 0 Å². The molecule has 0 bridgehead atoms. The molecule has 1 aromatic carbocycles. The van der Waals surface area contributed by atoms with Crippen LogP contribution in [-0.4, -0.2) is 37.1 Å². The largest absolute Gasteiger partial charge is 0.780 e. The van der Waals surface area contributed by atoms with Crippen molar-refractivity contribution < 1.29 is 18.8 Å². The summed E-state index contributed by atoms with van der Waals surface area (Å²) in [6.45, 7) is -3.42. The van der Waals surface area contributed by atoms with E-state index < -0.39 is 12.8 Å². The highest BCUT2D eigenvalue weighted by Crippen LogP contribution is 2.39. The van der Waals surface area contributed by atoms with Crippen molar-refractivity contribution in [3.63, 3.8) is 0 Å². The molecule has 19 heavy (non-hydrogen) atoms. The first kappa shape index (κ1) is 17.1. The third-order valence-corrected chi connectivity index (χ3v) is 3.54. The fourth-order valence-corrected chi connectivity index (χ4v) is 2.72. The SMILES string of the molecule is C[N+](C)(C)CC(OP([O-])(O)=S)c1cccc(CCl)c1. The van der Waals surface area contributed by atoms with Gasteiger partial charge >= 0.3 is 0 Å². The molecule has 7 heteroatoms. The van der Waals surface area contributed by atoms with Gasteiger partial charge in [-0.15, -0.1) is 11.6 Å². The van der Waals surface area contributed by atoms with Crippen molar-refractivity contribution in [1.29, 1.82) is 0 Å². The Bertz CT molecular complexity index is 472. The molecule has 4 nitrogen and oxygen atoms in total. The zero-order valence-corrected chi connectivity index (χ0v) is 13.7. The van der Waals surface area contributed by atoms with Crippen molar-refractivity contribution in [2.24, 2.45) is 0 Å². The maximum atomic E-state index is 11.4. The molecule has 0 aliphatic rings. The Labute approximate surface area is 124 Å². The van der Waals surface area contributed by atoms with Crippen molar-refractivity contribution in [3.8, 4) is 0 Å². The molecule has 0 saturated heterocycles. The van der Waals surface area contributed by atoms with Gasteiger partial charge in [0.2, 0.25) is 0 Å². The maximum absolute atomic E-state index is 11.4. The zero-order chi connectivity index (χ0) is 14.7. The van der Waals surface area contributed by atoms with Gasteiger partial charge in [0.05, 0.1) is 21.1 Å². The van der Waals surface area contributed by atoms with Crippen LogP contribution in [0.25, 0.3) is 0 Å². The minimum atomic E-state index is -3.96. The summed E-state index contributed by atoms with van der Waals surface area (Å²) in [6, 6.07) is 7.47. The lowest BCUT2D eigenvalue weighted by atomic mass is 10.1. The van der Waals surface area contributed by atoms with Crippen molar-refractivity contribution >= 4 is 30.1 Å². The number of hydrogen-bond donors (Lipinski definition) is 1. The number of benzene rings is 1. The fraction of sp³-hybridized carbons (Fsp3) is 0.500. The smallest absolute Gasteiger partial charge is 0.138 e. The number of hydrogen-bond acceptors (Lipinski definition) is 3. The van der Waals surface area contributed by atoms with Crippen LogP contribution >= 0.6 is 18.3 Å². The Hall–Kier alpha value is -0.0000000000000000555. The molecule has 0 spiro atoms. The van der Waals surface area contributed by atoms with E-state index in [-0.39, 0.29) is 0 Å². The van der Waals surface area contributed by atoms with Crippen molar-refractivity contribution in [1.82, 2.24) is 0 Å². The van der Waals surface area contributed by atoms with E-state index in [2.05, 4.69) is 11.8 Å². The van der Waals surface area contributed by atoms with Gasteiger partial charge in [0, 0.05) is 5.88 Å². The van der Waals surface area contributed by atoms with Gasteiger partial charge in [-0.25, -0.2) is 0 Å². The minimum Gasteiger partial charge on any atom is -0.780 e. The van der Waals surface area contributed by atoms with Crippen molar-refractivity contribution in [3.05, 3.63) is 35.4 Å². The molecule has 2 atom stereocenters. The Morgan fingerprint density at radius 3 is 2.58 bits per heavy atom. The van der Waals surface area contributed by atoms with Gasteiger partial charge in [-0.2, -0.15) is 0 Å². The number of halogens is 1. The molecule has 2 unspecified atom stereocenters. The highest BCUT2D eigenvalue weighted by atomic mass is 35.5. The van der Waals surface area contributed by atoms with Crippen LogP contribution in [0, 0.1) is 0 Å². The van der Waals surface area contributed by atoms with Crippen LogP contribution in [0.1, 0.15) is 17.2 Å². The van der Waals surface area contributed by atoms with E-state index in [0.717, 1.165) is 11.1 Å². The van der Waals surface area contributed by atoms with Gasteiger partial charge in [-0.05, 0) is 11.1 Å². The summed E-state index contributed by atoms with van der Waals surface area (Å²) >= 11 is 10.3. The number of rotatable bonds is 6. The summed E-state index contributed by atoms with van der Waals surface area (Å²) in [4.78, 5) is 20.6. The lowest BCUT2D eigenvalue weighted by Crippen LogP contribution is -2.39. The average molecular weight is 324 g/mol. The van der Waals surface area contributed by atoms with Crippen LogP contribution in [0.3, 0.4) is 0 Å². The molecule has 0 radical (unpaired) electrons. The third kappa shape index (κ3) is 6.82. The summed E-state index contributed by atoms with van der Waals surface area (Å²) < 4.78 is 5.75. The summed E-state index contributed by atoms with van der Waals surface area (Å²) in [7, 11) is 5.94. The van der Waals surface area contributed by atoms with E-state index >= 15 is 0 Å². The summed E-state index contributed by atoms with van der Waals surface area (Å²) in [5.74, 6) is 0.385. The first-order valence-electron chi connectivity index (χ1n) is 5.78. The molecular weight excluding hydrogens is 305 g/mol. The number of nitrogens with zero attached hydrogens (tertiary/aromatic N) is 1.